The molecule has 0 aliphatic carbocycles. The average molecular weight is 488 g/mol. The number of hydrogen-bond acceptors (Lipinski definition) is 3. The van der Waals surface area contributed by atoms with Crippen LogP contribution in [0.2, 0.25) is 0 Å². The molecule has 3 rings (SSSR count). The molecule has 2 aromatic carbocycles. The van der Waals surface area contributed by atoms with Crippen LogP contribution in [0.5, 0.6) is 0 Å². The fourth-order valence-electron chi connectivity index (χ4n) is 3.26. The molecule has 35 heavy (non-hydrogen) atoms. The van der Waals surface area contributed by atoms with Gasteiger partial charge in [0, 0.05) is 23.7 Å². The van der Waals surface area contributed by atoms with Gasteiger partial charge in [-0.15, -0.1) is 0 Å². The monoisotopic (exact) mass is 487 g/mol. The van der Waals surface area contributed by atoms with E-state index in [1.807, 2.05) is 51.1 Å². The Bertz CT molecular complexity index is 1180. The molecule has 0 aliphatic rings. The number of likely N-dealkylation sites (N-methyl/N-ethyl adjacent to an activating group) is 1. The molecular weight excluding hydrogens is 459 g/mol. The van der Waals surface area contributed by atoms with Gasteiger partial charge in [-0.2, -0.15) is 18.3 Å². The van der Waals surface area contributed by atoms with Crippen molar-refractivity contribution in [2.24, 2.45) is 0 Å². The minimum Gasteiger partial charge on any atom is -0.315 e. The maximum absolute atomic E-state index is 13.0. The van der Waals surface area contributed by atoms with Crippen LogP contribution < -0.4 is 10.6 Å². The summed E-state index contributed by atoms with van der Waals surface area (Å²) in [6.07, 6.45) is -4.53. The number of urea groups is 1. The number of nitrogens with one attached hydrogen (secondary N) is 2. The van der Waals surface area contributed by atoms with Crippen LogP contribution in [0.4, 0.5) is 29.5 Å². The minimum absolute atomic E-state index is 0.0133. The van der Waals surface area contributed by atoms with Gasteiger partial charge in [0.1, 0.15) is 12.4 Å². The van der Waals surface area contributed by atoms with Gasteiger partial charge in [-0.3, -0.25) is 4.79 Å². The summed E-state index contributed by atoms with van der Waals surface area (Å²) in [4.78, 5) is 26.7. The molecule has 0 radical (unpaired) electrons. The van der Waals surface area contributed by atoms with E-state index in [2.05, 4.69) is 15.7 Å². The number of anilines is 2. The SMILES string of the molecule is CCN(CC(=O)Nc1cc(C(C)(C)C)nn1-c1ccccc1)C(=O)Nc1cccc(C(F)(F)F)c1. The summed E-state index contributed by atoms with van der Waals surface area (Å²) in [6, 6.07) is 14.7. The van der Waals surface area contributed by atoms with E-state index in [1.54, 1.807) is 17.7 Å². The molecule has 186 valence electrons. The number of carbonyl (C=O) groups is 2. The first kappa shape index (κ1) is 25.8. The van der Waals surface area contributed by atoms with E-state index in [-0.39, 0.29) is 24.2 Å². The van der Waals surface area contributed by atoms with Gasteiger partial charge < -0.3 is 15.5 Å². The topological polar surface area (TPSA) is 79.3 Å². The van der Waals surface area contributed by atoms with E-state index in [1.165, 1.54) is 17.0 Å². The Hall–Kier alpha value is -3.82. The van der Waals surface area contributed by atoms with Gasteiger partial charge in [0.05, 0.1) is 16.9 Å². The summed E-state index contributed by atoms with van der Waals surface area (Å²) < 4.78 is 40.5. The molecule has 0 unspecified atom stereocenters. The lowest BCUT2D eigenvalue weighted by atomic mass is 9.92. The fraction of sp³-hybridized carbons (Fsp3) is 0.320. The summed E-state index contributed by atoms with van der Waals surface area (Å²) >= 11 is 0. The molecule has 2 N–H and O–H groups in total. The number of aromatic nitrogens is 2. The summed E-state index contributed by atoms with van der Waals surface area (Å²) in [7, 11) is 0. The summed E-state index contributed by atoms with van der Waals surface area (Å²) in [5.41, 5.74) is 0.375. The number of amides is 3. The Labute approximate surface area is 201 Å². The van der Waals surface area contributed by atoms with Crippen molar-refractivity contribution in [3.8, 4) is 5.69 Å². The van der Waals surface area contributed by atoms with Gasteiger partial charge in [0.25, 0.3) is 0 Å². The first-order valence-corrected chi connectivity index (χ1v) is 11.1. The highest BCUT2D eigenvalue weighted by molar-refractivity contribution is 5.96. The predicted molar refractivity (Wildman–Crippen MR) is 129 cm³/mol. The first-order chi connectivity index (χ1) is 16.4. The highest BCUT2D eigenvalue weighted by Gasteiger charge is 2.30. The van der Waals surface area contributed by atoms with Gasteiger partial charge in [0.15, 0.2) is 0 Å². The van der Waals surface area contributed by atoms with Gasteiger partial charge in [-0.1, -0.05) is 45.0 Å². The third-order valence-electron chi connectivity index (χ3n) is 5.19. The third-order valence-corrected chi connectivity index (χ3v) is 5.19. The van der Waals surface area contributed by atoms with E-state index in [0.29, 0.717) is 5.82 Å². The van der Waals surface area contributed by atoms with Crippen LogP contribution >= 0.6 is 0 Å². The molecule has 0 fully saturated rings. The fourth-order valence-corrected chi connectivity index (χ4v) is 3.26. The molecule has 7 nitrogen and oxygen atoms in total. The molecule has 0 aliphatic heterocycles. The Morgan fingerprint density at radius 3 is 2.26 bits per heavy atom. The van der Waals surface area contributed by atoms with Crippen LogP contribution in [0.25, 0.3) is 5.69 Å². The van der Waals surface area contributed by atoms with Crippen LogP contribution in [-0.4, -0.2) is 39.7 Å². The van der Waals surface area contributed by atoms with E-state index in [9.17, 15) is 22.8 Å². The second-order valence-electron chi connectivity index (χ2n) is 8.98. The molecule has 1 heterocycles. The zero-order valence-electron chi connectivity index (χ0n) is 20.0. The van der Waals surface area contributed by atoms with Crippen LogP contribution in [-0.2, 0) is 16.4 Å². The average Bonchev–Trinajstić information content (AvgIpc) is 3.22. The lowest BCUT2D eigenvalue weighted by Crippen LogP contribution is -2.40. The maximum Gasteiger partial charge on any atom is 0.416 e. The zero-order chi connectivity index (χ0) is 25.8. The van der Waals surface area contributed by atoms with Crippen LogP contribution in [0.1, 0.15) is 39.0 Å². The summed E-state index contributed by atoms with van der Waals surface area (Å²) in [5, 5.41) is 9.87. The summed E-state index contributed by atoms with van der Waals surface area (Å²) in [6.45, 7) is 7.56. The number of para-hydroxylation sites is 1. The lowest BCUT2D eigenvalue weighted by molar-refractivity contribution is -0.137. The smallest absolute Gasteiger partial charge is 0.315 e. The molecule has 0 saturated carbocycles. The Balaban J connectivity index is 1.74. The minimum atomic E-state index is -4.53. The van der Waals surface area contributed by atoms with E-state index >= 15 is 0 Å². The standard InChI is InChI=1S/C25H28F3N5O2/c1-5-32(23(35)29-18-11-9-10-17(14-18)25(26,27)28)16-22(34)30-21-15-20(24(2,3)4)31-33(21)19-12-7-6-8-13-19/h6-15H,5,16H2,1-4H3,(H,29,35)(H,30,34). The molecular formula is C25H28F3N5O2. The number of nitrogens with zero attached hydrogens (tertiary/aromatic N) is 3. The first-order valence-electron chi connectivity index (χ1n) is 11.1. The second-order valence-corrected chi connectivity index (χ2v) is 8.98. The predicted octanol–water partition coefficient (Wildman–Crippen LogP) is 5.68. The highest BCUT2D eigenvalue weighted by Crippen LogP contribution is 2.31. The number of rotatable bonds is 6. The van der Waals surface area contributed by atoms with Crippen molar-refractivity contribution in [1.82, 2.24) is 14.7 Å². The molecule has 3 amide bonds. The van der Waals surface area contributed by atoms with Crippen molar-refractivity contribution in [2.45, 2.75) is 39.3 Å². The van der Waals surface area contributed by atoms with Gasteiger partial charge in [-0.25, -0.2) is 9.48 Å². The van der Waals surface area contributed by atoms with Crippen LogP contribution in [0.15, 0.2) is 60.7 Å². The third kappa shape index (κ3) is 6.62. The Morgan fingerprint density at radius 2 is 1.66 bits per heavy atom. The number of hydrogen-bond donors (Lipinski definition) is 2. The van der Waals surface area contributed by atoms with Crippen molar-refractivity contribution in [2.75, 3.05) is 23.7 Å². The van der Waals surface area contributed by atoms with E-state index in [4.69, 9.17) is 0 Å². The zero-order valence-corrected chi connectivity index (χ0v) is 20.0. The van der Waals surface area contributed by atoms with Crippen LogP contribution in [0.3, 0.4) is 0 Å². The molecule has 0 saturated heterocycles. The van der Waals surface area contributed by atoms with Gasteiger partial charge in [0.2, 0.25) is 5.91 Å². The number of alkyl halides is 3. The highest BCUT2D eigenvalue weighted by atomic mass is 19.4. The van der Waals surface area contributed by atoms with Crippen molar-refractivity contribution in [1.29, 1.82) is 0 Å². The van der Waals surface area contributed by atoms with Gasteiger partial charge in [-0.05, 0) is 37.3 Å². The number of benzene rings is 2. The molecule has 10 heteroatoms. The van der Waals surface area contributed by atoms with Crippen LogP contribution in [0, 0.1) is 0 Å². The molecule has 1 aromatic heterocycles. The maximum atomic E-state index is 13.0. The molecule has 3 aromatic rings. The van der Waals surface area contributed by atoms with Gasteiger partial charge >= 0.3 is 12.2 Å². The Morgan fingerprint density at radius 1 is 0.971 bits per heavy atom. The second kappa shape index (κ2) is 10.2. The normalized spacial score (nSPS) is 11.7. The Kier molecular flexibility index (Phi) is 7.52. The van der Waals surface area contributed by atoms with Crippen molar-refractivity contribution < 1.29 is 22.8 Å². The van der Waals surface area contributed by atoms with E-state index < -0.39 is 23.7 Å². The largest absolute Gasteiger partial charge is 0.416 e. The number of halogens is 3. The molecule has 0 spiro atoms. The molecule has 0 atom stereocenters. The summed E-state index contributed by atoms with van der Waals surface area (Å²) in [5.74, 6) is -0.0240. The van der Waals surface area contributed by atoms with E-state index in [0.717, 1.165) is 23.5 Å². The quantitative estimate of drug-likeness (QED) is 0.470. The van der Waals surface area contributed by atoms with Crippen molar-refractivity contribution >= 4 is 23.4 Å². The molecule has 0 bridgehead atoms. The lowest BCUT2D eigenvalue weighted by Gasteiger charge is -2.21. The number of carbonyl (C=O) groups excluding carboxylic acids is 2. The van der Waals surface area contributed by atoms with Crippen molar-refractivity contribution in [3.05, 3.63) is 71.9 Å². The van der Waals surface area contributed by atoms with Crippen molar-refractivity contribution in [3.63, 3.8) is 0 Å².